The summed E-state index contributed by atoms with van der Waals surface area (Å²) in [4.78, 5) is 16.6. The maximum absolute atomic E-state index is 12.8. The lowest BCUT2D eigenvalue weighted by molar-refractivity contribution is 0.115. The lowest BCUT2D eigenvalue weighted by atomic mass is 9.98. The molecule has 0 spiro atoms. The van der Waals surface area contributed by atoms with Gasteiger partial charge in [-0.25, -0.2) is 4.79 Å². The quantitative estimate of drug-likeness (QED) is 0.873. The van der Waals surface area contributed by atoms with E-state index in [-0.39, 0.29) is 24.2 Å². The molecule has 2 unspecified atom stereocenters. The van der Waals surface area contributed by atoms with E-state index >= 15 is 0 Å². The van der Waals surface area contributed by atoms with Crippen LogP contribution in [0, 0.1) is 0 Å². The number of ether oxygens (including phenoxy) is 2. The Hall–Kier alpha value is -2.77. The highest BCUT2D eigenvalue weighted by Crippen LogP contribution is 2.40. The summed E-state index contributed by atoms with van der Waals surface area (Å²) in [5, 5.41) is 11.6. The van der Waals surface area contributed by atoms with Gasteiger partial charge >= 0.3 is 6.03 Å². The van der Waals surface area contributed by atoms with Crippen LogP contribution >= 0.6 is 0 Å². The summed E-state index contributed by atoms with van der Waals surface area (Å²) < 4.78 is 10.6. The van der Waals surface area contributed by atoms with E-state index in [1.54, 1.807) is 31.4 Å². The van der Waals surface area contributed by atoms with E-state index in [1.807, 2.05) is 23.1 Å². The minimum atomic E-state index is 0.00385. The summed E-state index contributed by atoms with van der Waals surface area (Å²) in [6.07, 6.45) is 7.34. The van der Waals surface area contributed by atoms with Crippen LogP contribution in [0.1, 0.15) is 37.3 Å². The van der Waals surface area contributed by atoms with Crippen LogP contribution in [0.5, 0.6) is 11.5 Å². The average molecular weight is 371 g/mol. The molecule has 2 saturated heterocycles. The molecule has 2 fully saturated rings. The van der Waals surface area contributed by atoms with Gasteiger partial charge in [-0.15, -0.1) is 0 Å². The highest BCUT2D eigenvalue weighted by atomic mass is 16.5. The molecule has 3 heterocycles. The van der Waals surface area contributed by atoms with E-state index in [0.29, 0.717) is 18.0 Å². The van der Waals surface area contributed by atoms with Crippen molar-refractivity contribution < 1.29 is 14.3 Å². The molecule has 2 bridgehead atoms. The fraction of sp³-hybridized carbons (Fsp3) is 0.526. The molecule has 2 aliphatic rings. The van der Waals surface area contributed by atoms with Crippen LogP contribution in [0.4, 0.5) is 4.79 Å². The smallest absolute Gasteiger partial charge is 0.318 e. The fourth-order valence-corrected chi connectivity index (χ4v) is 4.34. The van der Waals surface area contributed by atoms with Crippen LogP contribution in [0.2, 0.25) is 0 Å². The van der Waals surface area contributed by atoms with Crippen molar-refractivity contribution in [2.75, 3.05) is 14.2 Å². The first kappa shape index (κ1) is 17.6. The Morgan fingerprint density at radius 1 is 1.07 bits per heavy atom. The van der Waals surface area contributed by atoms with Crippen LogP contribution in [0.15, 0.2) is 30.6 Å². The predicted molar refractivity (Wildman–Crippen MR) is 98.7 cm³/mol. The molecule has 0 aliphatic carbocycles. The Morgan fingerprint density at radius 3 is 2.37 bits per heavy atom. The summed E-state index contributed by atoms with van der Waals surface area (Å²) in [6, 6.07) is 6.48. The molecule has 8 heteroatoms. The predicted octanol–water partition coefficient (Wildman–Crippen LogP) is 2.37. The van der Waals surface area contributed by atoms with Gasteiger partial charge in [-0.2, -0.15) is 15.0 Å². The van der Waals surface area contributed by atoms with Crippen molar-refractivity contribution in [1.82, 2.24) is 25.2 Å². The SMILES string of the molecule is COc1ccc(CNC(=O)N2C3CCC2CC(n2nccn2)C3)cc1OC. The van der Waals surface area contributed by atoms with Crippen molar-refractivity contribution >= 4 is 6.03 Å². The largest absolute Gasteiger partial charge is 0.493 e. The van der Waals surface area contributed by atoms with Gasteiger partial charge in [-0.1, -0.05) is 6.07 Å². The second kappa shape index (κ2) is 7.46. The normalized spacial score (nSPS) is 23.9. The van der Waals surface area contributed by atoms with Crippen LogP contribution < -0.4 is 14.8 Å². The van der Waals surface area contributed by atoms with Crippen molar-refractivity contribution in [2.45, 2.75) is 50.4 Å². The average Bonchev–Trinajstić information content (AvgIpc) is 3.32. The van der Waals surface area contributed by atoms with Crippen LogP contribution in [0.3, 0.4) is 0 Å². The first-order chi connectivity index (χ1) is 13.2. The molecule has 1 aromatic carbocycles. The molecule has 2 aliphatic heterocycles. The zero-order valence-corrected chi connectivity index (χ0v) is 15.7. The maximum Gasteiger partial charge on any atom is 0.318 e. The summed E-state index contributed by atoms with van der Waals surface area (Å²) in [5.41, 5.74) is 0.976. The van der Waals surface area contributed by atoms with Gasteiger partial charge in [0, 0.05) is 18.6 Å². The van der Waals surface area contributed by atoms with Crippen LogP contribution in [0.25, 0.3) is 0 Å². The Kier molecular flexibility index (Phi) is 4.87. The van der Waals surface area contributed by atoms with E-state index < -0.39 is 0 Å². The number of fused-ring (bicyclic) bond motifs is 2. The molecule has 1 aromatic heterocycles. The molecule has 0 saturated carbocycles. The number of rotatable bonds is 5. The molecule has 8 nitrogen and oxygen atoms in total. The Bertz CT molecular complexity index is 781. The molecule has 4 rings (SSSR count). The van der Waals surface area contributed by atoms with E-state index in [9.17, 15) is 4.79 Å². The van der Waals surface area contributed by atoms with Gasteiger partial charge in [-0.3, -0.25) is 0 Å². The topological polar surface area (TPSA) is 81.5 Å². The lowest BCUT2D eigenvalue weighted by Crippen LogP contribution is -2.51. The maximum atomic E-state index is 12.8. The van der Waals surface area contributed by atoms with Gasteiger partial charge in [0.05, 0.1) is 32.7 Å². The van der Waals surface area contributed by atoms with Crippen molar-refractivity contribution in [3.05, 3.63) is 36.2 Å². The highest BCUT2D eigenvalue weighted by molar-refractivity contribution is 5.75. The number of urea groups is 1. The number of hydrogen-bond acceptors (Lipinski definition) is 5. The minimum Gasteiger partial charge on any atom is -0.493 e. The van der Waals surface area contributed by atoms with Crippen molar-refractivity contribution in [3.8, 4) is 11.5 Å². The number of amides is 2. The summed E-state index contributed by atoms with van der Waals surface area (Å²) >= 11 is 0. The number of piperidine rings is 1. The summed E-state index contributed by atoms with van der Waals surface area (Å²) in [7, 11) is 3.22. The molecule has 0 radical (unpaired) electrons. The molecular formula is C19H25N5O3. The minimum absolute atomic E-state index is 0.00385. The molecule has 144 valence electrons. The fourth-order valence-electron chi connectivity index (χ4n) is 4.34. The third-order valence-corrected chi connectivity index (χ3v) is 5.60. The second-order valence-corrected chi connectivity index (χ2v) is 7.12. The van der Waals surface area contributed by atoms with Crippen molar-refractivity contribution in [2.24, 2.45) is 0 Å². The number of nitrogens with zero attached hydrogens (tertiary/aromatic N) is 4. The zero-order chi connectivity index (χ0) is 18.8. The number of benzene rings is 1. The lowest BCUT2D eigenvalue weighted by Gasteiger charge is -2.38. The first-order valence-electron chi connectivity index (χ1n) is 9.32. The summed E-state index contributed by atoms with van der Waals surface area (Å²) in [6.45, 7) is 0.458. The third-order valence-electron chi connectivity index (χ3n) is 5.60. The molecule has 2 aromatic rings. The standard InChI is InChI=1S/C19H25N5O3/c1-26-17-6-3-13(9-18(17)27-2)12-20-19(25)23-14-4-5-15(23)11-16(10-14)24-21-7-8-22-24/h3,6-9,14-16H,4-5,10-12H2,1-2H3,(H,20,25). The number of nitrogens with one attached hydrogen (secondary N) is 1. The summed E-state index contributed by atoms with van der Waals surface area (Å²) in [5.74, 6) is 1.34. The Labute approximate surface area is 158 Å². The van der Waals surface area contributed by atoms with Gasteiger partial charge in [0.25, 0.3) is 0 Å². The molecule has 2 amide bonds. The first-order valence-corrected chi connectivity index (χ1v) is 9.32. The number of aromatic nitrogens is 3. The van der Waals surface area contributed by atoms with E-state index in [4.69, 9.17) is 9.47 Å². The van der Waals surface area contributed by atoms with Gasteiger partial charge < -0.3 is 19.7 Å². The van der Waals surface area contributed by atoms with Gasteiger partial charge in [0.2, 0.25) is 0 Å². The van der Waals surface area contributed by atoms with E-state index in [0.717, 1.165) is 31.2 Å². The number of hydrogen-bond donors (Lipinski definition) is 1. The van der Waals surface area contributed by atoms with Gasteiger partial charge in [-0.05, 0) is 43.4 Å². The van der Waals surface area contributed by atoms with Crippen LogP contribution in [-0.4, -0.2) is 52.2 Å². The highest BCUT2D eigenvalue weighted by Gasteiger charge is 2.44. The monoisotopic (exact) mass is 371 g/mol. The zero-order valence-electron chi connectivity index (χ0n) is 15.7. The van der Waals surface area contributed by atoms with Gasteiger partial charge in [0.15, 0.2) is 11.5 Å². The molecular weight excluding hydrogens is 346 g/mol. The molecule has 1 N–H and O–H groups in total. The number of carbonyl (C=O) groups is 1. The van der Waals surface area contributed by atoms with E-state index in [1.165, 1.54) is 0 Å². The van der Waals surface area contributed by atoms with Crippen molar-refractivity contribution in [3.63, 3.8) is 0 Å². The van der Waals surface area contributed by atoms with Crippen LogP contribution in [-0.2, 0) is 6.54 Å². The Morgan fingerprint density at radius 2 is 1.74 bits per heavy atom. The second-order valence-electron chi connectivity index (χ2n) is 7.12. The Balaban J connectivity index is 1.38. The van der Waals surface area contributed by atoms with Crippen molar-refractivity contribution in [1.29, 1.82) is 0 Å². The molecule has 2 atom stereocenters. The molecule has 27 heavy (non-hydrogen) atoms. The third kappa shape index (κ3) is 3.43. The number of methoxy groups -OCH3 is 2. The number of carbonyl (C=O) groups excluding carboxylic acids is 1. The van der Waals surface area contributed by atoms with Gasteiger partial charge in [0.1, 0.15) is 0 Å². The van der Waals surface area contributed by atoms with E-state index in [2.05, 4.69) is 15.5 Å².